The summed E-state index contributed by atoms with van der Waals surface area (Å²) < 4.78 is 11.1. The van der Waals surface area contributed by atoms with Crippen molar-refractivity contribution in [3.8, 4) is 11.5 Å². The van der Waals surface area contributed by atoms with Gasteiger partial charge in [0.05, 0.1) is 13.5 Å². The smallest absolute Gasteiger partial charge is 0.263 e. The van der Waals surface area contributed by atoms with E-state index in [4.69, 9.17) is 21.1 Å². The first-order chi connectivity index (χ1) is 15.9. The van der Waals surface area contributed by atoms with E-state index in [-0.39, 0.29) is 18.2 Å². The Kier molecular flexibility index (Phi) is 6.84. The molecule has 0 spiro atoms. The average molecular weight is 465 g/mol. The van der Waals surface area contributed by atoms with Crippen LogP contribution < -0.4 is 14.8 Å². The second kappa shape index (κ2) is 9.96. The number of fused-ring (bicyclic) bond motifs is 1. The summed E-state index contributed by atoms with van der Waals surface area (Å²) in [5.41, 5.74) is 3.19. The molecule has 1 N–H and O–H groups in total. The van der Waals surface area contributed by atoms with Gasteiger partial charge in [-0.25, -0.2) is 0 Å². The predicted octanol–water partition coefficient (Wildman–Crippen LogP) is 4.84. The Labute approximate surface area is 198 Å². The lowest BCUT2D eigenvalue weighted by atomic mass is 10.1. The Balaban J connectivity index is 1.51. The summed E-state index contributed by atoms with van der Waals surface area (Å²) >= 11 is 6.31. The van der Waals surface area contributed by atoms with E-state index in [2.05, 4.69) is 5.32 Å². The van der Waals surface area contributed by atoms with Crippen molar-refractivity contribution >= 4 is 29.1 Å². The van der Waals surface area contributed by atoms with E-state index in [0.29, 0.717) is 35.3 Å². The van der Waals surface area contributed by atoms with Gasteiger partial charge in [0, 0.05) is 29.4 Å². The summed E-state index contributed by atoms with van der Waals surface area (Å²) in [6.45, 7) is 2.46. The van der Waals surface area contributed by atoms with Gasteiger partial charge in [0.2, 0.25) is 5.91 Å². The van der Waals surface area contributed by atoms with Gasteiger partial charge in [-0.05, 0) is 54.4 Å². The molecule has 3 aromatic rings. The first-order valence-electron chi connectivity index (χ1n) is 10.7. The van der Waals surface area contributed by atoms with Gasteiger partial charge < -0.3 is 19.7 Å². The maximum absolute atomic E-state index is 12.9. The second-order valence-corrected chi connectivity index (χ2v) is 8.35. The zero-order chi connectivity index (χ0) is 23.4. The molecule has 0 aliphatic carbocycles. The van der Waals surface area contributed by atoms with Crippen LogP contribution in [-0.2, 0) is 29.1 Å². The van der Waals surface area contributed by atoms with Crippen molar-refractivity contribution in [2.24, 2.45) is 0 Å². The van der Waals surface area contributed by atoms with Gasteiger partial charge in [-0.2, -0.15) is 0 Å². The number of anilines is 1. The zero-order valence-electron chi connectivity index (χ0n) is 18.5. The van der Waals surface area contributed by atoms with Crippen LogP contribution in [0.5, 0.6) is 11.5 Å². The molecule has 3 aromatic carbocycles. The molecule has 1 unspecified atom stereocenters. The first kappa shape index (κ1) is 22.7. The number of rotatable bonds is 6. The van der Waals surface area contributed by atoms with Crippen molar-refractivity contribution in [3.05, 3.63) is 88.4 Å². The molecule has 0 aromatic heterocycles. The number of carbonyl (C=O) groups is 2. The monoisotopic (exact) mass is 464 g/mol. The summed E-state index contributed by atoms with van der Waals surface area (Å²) in [4.78, 5) is 27.2. The van der Waals surface area contributed by atoms with Gasteiger partial charge in [-0.15, -0.1) is 0 Å². The van der Waals surface area contributed by atoms with E-state index in [1.54, 1.807) is 31.1 Å². The predicted molar refractivity (Wildman–Crippen MR) is 128 cm³/mol. The van der Waals surface area contributed by atoms with Crippen molar-refractivity contribution in [3.63, 3.8) is 0 Å². The number of nitrogens with one attached hydrogen (secondary N) is 1. The molecule has 0 saturated heterocycles. The van der Waals surface area contributed by atoms with Crippen LogP contribution in [0.2, 0.25) is 5.02 Å². The summed E-state index contributed by atoms with van der Waals surface area (Å²) in [5, 5.41) is 3.55. The molecule has 6 nitrogen and oxygen atoms in total. The minimum Gasteiger partial charge on any atom is -0.497 e. The molecular formula is C26H25ClN2O4. The van der Waals surface area contributed by atoms with Crippen molar-refractivity contribution in [2.45, 2.75) is 32.5 Å². The van der Waals surface area contributed by atoms with E-state index in [1.807, 2.05) is 54.6 Å². The quantitative estimate of drug-likeness (QED) is 0.566. The number of hydrogen-bond acceptors (Lipinski definition) is 4. The molecule has 2 amide bonds. The normalized spacial score (nSPS) is 15.3. The highest BCUT2D eigenvalue weighted by atomic mass is 35.5. The largest absolute Gasteiger partial charge is 0.497 e. The fourth-order valence-electron chi connectivity index (χ4n) is 3.82. The van der Waals surface area contributed by atoms with Gasteiger partial charge in [0.15, 0.2) is 6.10 Å². The summed E-state index contributed by atoms with van der Waals surface area (Å²) in [6.07, 6.45) is -0.402. The van der Waals surface area contributed by atoms with Gasteiger partial charge in [0.25, 0.3) is 5.91 Å². The maximum atomic E-state index is 12.9. The lowest BCUT2D eigenvalue weighted by Gasteiger charge is -2.22. The van der Waals surface area contributed by atoms with Crippen molar-refractivity contribution in [1.82, 2.24) is 4.90 Å². The highest BCUT2D eigenvalue weighted by molar-refractivity contribution is 6.31. The number of benzene rings is 3. The van der Waals surface area contributed by atoms with Gasteiger partial charge >= 0.3 is 0 Å². The van der Waals surface area contributed by atoms with Crippen molar-refractivity contribution < 1.29 is 19.1 Å². The third-order valence-electron chi connectivity index (χ3n) is 5.49. The standard InChI is InChI=1S/C26H25ClN2O4/c1-17-26(31)29(15-19-7-3-4-9-23(19)27)16-20-14-21(10-11-24(20)33-17)28-25(30)13-18-6-5-8-22(12-18)32-2/h3-12,14,17H,13,15-16H2,1-2H3,(H,28,30). The fourth-order valence-corrected chi connectivity index (χ4v) is 4.01. The van der Waals surface area contributed by atoms with Crippen LogP contribution in [0.4, 0.5) is 5.69 Å². The van der Waals surface area contributed by atoms with Crippen LogP contribution in [0.3, 0.4) is 0 Å². The molecule has 170 valence electrons. The molecule has 4 rings (SSSR count). The third-order valence-corrected chi connectivity index (χ3v) is 5.86. The minimum absolute atomic E-state index is 0.116. The van der Waals surface area contributed by atoms with Crippen LogP contribution >= 0.6 is 11.6 Å². The van der Waals surface area contributed by atoms with Crippen LogP contribution in [0.1, 0.15) is 23.6 Å². The number of carbonyl (C=O) groups excluding carboxylic acids is 2. The Morgan fingerprint density at radius 3 is 2.76 bits per heavy atom. The molecule has 1 heterocycles. The van der Waals surface area contributed by atoms with Crippen LogP contribution in [0, 0.1) is 0 Å². The van der Waals surface area contributed by atoms with E-state index in [9.17, 15) is 9.59 Å². The molecule has 7 heteroatoms. The fraction of sp³-hybridized carbons (Fsp3) is 0.231. The average Bonchev–Trinajstić information content (AvgIpc) is 2.91. The molecule has 33 heavy (non-hydrogen) atoms. The Morgan fingerprint density at radius 2 is 1.97 bits per heavy atom. The minimum atomic E-state index is -0.623. The SMILES string of the molecule is COc1cccc(CC(=O)Nc2ccc3c(c2)CN(Cc2ccccc2Cl)C(=O)C(C)O3)c1. The van der Waals surface area contributed by atoms with Crippen LogP contribution in [-0.4, -0.2) is 29.9 Å². The van der Waals surface area contributed by atoms with E-state index in [0.717, 1.165) is 16.7 Å². The molecule has 0 fully saturated rings. The number of halogens is 1. The first-order valence-corrected chi connectivity index (χ1v) is 11.1. The third kappa shape index (κ3) is 5.46. The molecule has 1 atom stereocenters. The molecule has 1 aliphatic heterocycles. The summed E-state index contributed by atoms with van der Waals surface area (Å²) in [5.74, 6) is 1.08. The molecule has 0 radical (unpaired) electrons. The summed E-state index contributed by atoms with van der Waals surface area (Å²) in [7, 11) is 1.59. The van der Waals surface area contributed by atoms with E-state index in [1.165, 1.54) is 0 Å². The van der Waals surface area contributed by atoms with Crippen LogP contribution in [0.25, 0.3) is 0 Å². The van der Waals surface area contributed by atoms with E-state index < -0.39 is 6.10 Å². The Hall–Kier alpha value is -3.51. The molecule has 0 saturated carbocycles. The maximum Gasteiger partial charge on any atom is 0.263 e. The second-order valence-electron chi connectivity index (χ2n) is 7.94. The number of methoxy groups -OCH3 is 1. The molecule has 1 aliphatic rings. The van der Waals surface area contributed by atoms with Crippen molar-refractivity contribution in [1.29, 1.82) is 0 Å². The lowest BCUT2D eigenvalue weighted by Crippen LogP contribution is -2.37. The number of amides is 2. The van der Waals surface area contributed by atoms with Crippen LogP contribution in [0.15, 0.2) is 66.7 Å². The Morgan fingerprint density at radius 1 is 1.15 bits per heavy atom. The van der Waals surface area contributed by atoms with Crippen molar-refractivity contribution in [2.75, 3.05) is 12.4 Å². The topological polar surface area (TPSA) is 67.9 Å². The van der Waals surface area contributed by atoms with E-state index >= 15 is 0 Å². The van der Waals surface area contributed by atoms with Gasteiger partial charge in [-0.3, -0.25) is 9.59 Å². The van der Waals surface area contributed by atoms with Gasteiger partial charge in [0.1, 0.15) is 11.5 Å². The number of ether oxygens (including phenoxy) is 2. The van der Waals surface area contributed by atoms with Gasteiger partial charge in [-0.1, -0.05) is 41.9 Å². The highest BCUT2D eigenvalue weighted by Gasteiger charge is 2.28. The number of hydrogen-bond donors (Lipinski definition) is 1. The Bertz CT molecular complexity index is 1180. The number of nitrogens with zero attached hydrogens (tertiary/aromatic N) is 1. The molecular weight excluding hydrogens is 440 g/mol. The summed E-state index contributed by atoms with van der Waals surface area (Å²) in [6, 6.07) is 20.3. The lowest BCUT2D eigenvalue weighted by molar-refractivity contribution is -0.138. The highest BCUT2D eigenvalue weighted by Crippen LogP contribution is 2.30. The molecule has 0 bridgehead atoms. The zero-order valence-corrected chi connectivity index (χ0v) is 19.3.